The number of carbonyl (C=O) groups excluding carboxylic acids is 1. The third-order valence-corrected chi connectivity index (χ3v) is 1.06. The fraction of sp³-hybridized carbons (Fsp3) is 0.800. The van der Waals surface area contributed by atoms with Crippen LogP contribution in [0.2, 0.25) is 0 Å². The van der Waals surface area contributed by atoms with Gasteiger partial charge in [-0.2, -0.15) is 0 Å². The normalized spacial score (nSPS) is 9.60. The first kappa shape index (κ1) is 9.85. The predicted molar refractivity (Wildman–Crippen MR) is 42.6 cm³/mol. The summed E-state index contributed by atoms with van der Waals surface area (Å²) in [5, 5.41) is 5.00. The quantitative estimate of drug-likeness (QED) is 0.635. The number of urea groups is 1. The Morgan fingerprint density at radius 2 is 2.10 bits per heavy atom. The Hall–Kier alpha value is -0.150. The van der Waals surface area contributed by atoms with Crippen molar-refractivity contribution in [2.45, 2.75) is 11.8 Å². The van der Waals surface area contributed by atoms with Crippen molar-refractivity contribution < 1.29 is 4.79 Å². The van der Waals surface area contributed by atoms with E-state index in [0.717, 1.165) is 0 Å². The Bertz CT molecular complexity index is 108. The highest BCUT2D eigenvalue weighted by atomic mass is 35.5. The predicted octanol–water partition coefficient (Wildman–Crippen LogP) is 1.11. The van der Waals surface area contributed by atoms with E-state index in [0.29, 0.717) is 6.54 Å². The smallest absolute Gasteiger partial charge is 0.314 e. The van der Waals surface area contributed by atoms with Crippen LogP contribution in [-0.4, -0.2) is 24.0 Å². The van der Waals surface area contributed by atoms with Crippen molar-refractivity contribution in [1.82, 2.24) is 10.6 Å². The summed E-state index contributed by atoms with van der Waals surface area (Å²) in [5.74, 6) is 0. The van der Waals surface area contributed by atoms with Crippen LogP contribution in [0.4, 0.5) is 4.79 Å². The first-order valence-corrected chi connectivity index (χ1v) is 3.84. The van der Waals surface area contributed by atoms with E-state index in [4.69, 9.17) is 23.2 Å². The molecule has 0 bridgehead atoms. The van der Waals surface area contributed by atoms with Gasteiger partial charge < -0.3 is 10.6 Å². The number of halogens is 2. The molecule has 0 aromatic carbocycles. The molecule has 5 heteroatoms. The van der Waals surface area contributed by atoms with Crippen molar-refractivity contribution in [2.24, 2.45) is 0 Å². The highest BCUT2D eigenvalue weighted by Gasteiger charge is 2.00. The van der Waals surface area contributed by atoms with Crippen molar-refractivity contribution in [3.05, 3.63) is 0 Å². The molecule has 0 aromatic rings. The van der Waals surface area contributed by atoms with Gasteiger partial charge >= 0.3 is 6.03 Å². The van der Waals surface area contributed by atoms with Gasteiger partial charge in [-0.3, -0.25) is 0 Å². The zero-order valence-corrected chi connectivity index (χ0v) is 7.17. The number of rotatable bonds is 3. The summed E-state index contributed by atoms with van der Waals surface area (Å²) in [5.41, 5.74) is 0. The van der Waals surface area contributed by atoms with Crippen molar-refractivity contribution in [1.29, 1.82) is 0 Å². The second-order valence-corrected chi connectivity index (χ2v) is 2.91. The molecule has 0 aliphatic heterocycles. The minimum atomic E-state index is -0.539. The molecule has 0 spiro atoms. The van der Waals surface area contributed by atoms with Gasteiger partial charge in [0.25, 0.3) is 0 Å². The fourth-order valence-electron chi connectivity index (χ4n) is 0.393. The van der Waals surface area contributed by atoms with Crippen LogP contribution in [0.5, 0.6) is 0 Å². The molecule has 2 amide bonds. The first-order valence-electron chi connectivity index (χ1n) is 2.96. The maximum atomic E-state index is 10.6. The number of nitrogens with one attached hydrogen (secondary N) is 2. The lowest BCUT2D eigenvalue weighted by atomic mass is 10.7. The van der Waals surface area contributed by atoms with Crippen molar-refractivity contribution >= 4 is 29.2 Å². The van der Waals surface area contributed by atoms with E-state index in [1.54, 1.807) is 0 Å². The van der Waals surface area contributed by atoms with Crippen LogP contribution in [0, 0.1) is 0 Å². The zero-order chi connectivity index (χ0) is 7.98. The van der Waals surface area contributed by atoms with E-state index in [-0.39, 0.29) is 12.6 Å². The van der Waals surface area contributed by atoms with Crippen LogP contribution in [0.15, 0.2) is 0 Å². The molecule has 60 valence electrons. The summed E-state index contributed by atoms with van der Waals surface area (Å²) in [4.78, 5) is 10.1. The summed E-state index contributed by atoms with van der Waals surface area (Å²) < 4.78 is 0. The molecule has 0 aliphatic carbocycles. The molecule has 0 rings (SSSR count). The van der Waals surface area contributed by atoms with Crippen LogP contribution in [0.25, 0.3) is 0 Å². The maximum absolute atomic E-state index is 10.6. The lowest BCUT2D eigenvalue weighted by Crippen LogP contribution is -2.37. The average Bonchev–Trinajstić information content (AvgIpc) is 1.85. The van der Waals surface area contributed by atoms with Gasteiger partial charge in [-0.25, -0.2) is 4.79 Å². The summed E-state index contributed by atoms with van der Waals surface area (Å²) >= 11 is 10.7. The molecule has 2 N–H and O–H groups in total. The van der Waals surface area contributed by atoms with Crippen molar-refractivity contribution in [3.8, 4) is 0 Å². The van der Waals surface area contributed by atoms with Crippen LogP contribution in [0.1, 0.15) is 6.92 Å². The van der Waals surface area contributed by atoms with Crippen LogP contribution in [-0.2, 0) is 0 Å². The molecule has 0 aliphatic rings. The number of carbonyl (C=O) groups is 1. The third kappa shape index (κ3) is 5.98. The van der Waals surface area contributed by atoms with E-state index >= 15 is 0 Å². The Morgan fingerprint density at radius 1 is 1.50 bits per heavy atom. The van der Waals surface area contributed by atoms with E-state index in [1.807, 2.05) is 6.92 Å². The third-order valence-electron chi connectivity index (χ3n) is 0.754. The summed E-state index contributed by atoms with van der Waals surface area (Å²) in [6.07, 6.45) is 0. The fourth-order valence-corrected chi connectivity index (χ4v) is 0.547. The Morgan fingerprint density at radius 3 is 2.50 bits per heavy atom. The standard InChI is InChI=1S/C5H10Cl2N2O/c1-2-8-5(10)9-3-4(6)7/h4H,2-3H2,1H3,(H2,8,9,10). The number of hydrogen-bond donors (Lipinski definition) is 2. The van der Waals surface area contributed by atoms with Gasteiger partial charge in [0.05, 0.1) is 0 Å². The lowest BCUT2D eigenvalue weighted by molar-refractivity contribution is 0.242. The van der Waals surface area contributed by atoms with Gasteiger partial charge in [0, 0.05) is 13.1 Å². The van der Waals surface area contributed by atoms with E-state index in [1.165, 1.54) is 0 Å². The topological polar surface area (TPSA) is 41.1 Å². The van der Waals surface area contributed by atoms with E-state index in [9.17, 15) is 4.79 Å². The SMILES string of the molecule is CCNC(=O)NCC(Cl)Cl. The Labute approximate surface area is 70.1 Å². The van der Waals surface area contributed by atoms with Gasteiger partial charge in [-0.1, -0.05) is 0 Å². The largest absolute Gasteiger partial charge is 0.338 e. The van der Waals surface area contributed by atoms with Gasteiger partial charge in [0.1, 0.15) is 4.84 Å². The molecule has 10 heavy (non-hydrogen) atoms. The second-order valence-electron chi connectivity index (χ2n) is 1.63. The monoisotopic (exact) mass is 184 g/mol. The second kappa shape index (κ2) is 5.62. The molecule has 3 nitrogen and oxygen atoms in total. The minimum Gasteiger partial charge on any atom is -0.338 e. The first-order chi connectivity index (χ1) is 4.66. The van der Waals surface area contributed by atoms with E-state index < -0.39 is 4.84 Å². The summed E-state index contributed by atoms with van der Waals surface area (Å²) in [6, 6.07) is -0.242. The molecule has 0 fully saturated rings. The molecule has 0 heterocycles. The molecule has 0 saturated carbocycles. The van der Waals surface area contributed by atoms with Gasteiger partial charge in [-0.05, 0) is 6.92 Å². The van der Waals surface area contributed by atoms with Gasteiger partial charge in [0.2, 0.25) is 0 Å². The van der Waals surface area contributed by atoms with E-state index in [2.05, 4.69) is 10.6 Å². The van der Waals surface area contributed by atoms with Crippen molar-refractivity contribution in [3.63, 3.8) is 0 Å². The van der Waals surface area contributed by atoms with Gasteiger partial charge in [-0.15, -0.1) is 23.2 Å². The Kier molecular flexibility index (Phi) is 5.54. The maximum Gasteiger partial charge on any atom is 0.314 e. The zero-order valence-electron chi connectivity index (χ0n) is 5.66. The molecular formula is C5H10Cl2N2O. The Balaban J connectivity index is 3.22. The highest BCUT2D eigenvalue weighted by molar-refractivity contribution is 6.44. The van der Waals surface area contributed by atoms with Crippen molar-refractivity contribution in [2.75, 3.05) is 13.1 Å². The number of alkyl halides is 2. The van der Waals surface area contributed by atoms with Gasteiger partial charge in [0.15, 0.2) is 0 Å². The number of amides is 2. The summed E-state index contributed by atoms with van der Waals surface area (Å²) in [6.45, 7) is 2.70. The molecule has 0 radical (unpaired) electrons. The highest BCUT2D eigenvalue weighted by Crippen LogP contribution is 1.97. The van der Waals surface area contributed by atoms with Crippen LogP contribution < -0.4 is 10.6 Å². The molecule has 0 atom stereocenters. The van der Waals surface area contributed by atoms with Crippen LogP contribution in [0.3, 0.4) is 0 Å². The lowest BCUT2D eigenvalue weighted by Gasteiger charge is -2.04. The summed E-state index contributed by atoms with van der Waals surface area (Å²) in [7, 11) is 0. The minimum absolute atomic E-state index is 0.242. The van der Waals surface area contributed by atoms with Crippen LogP contribution >= 0.6 is 23.2 Å². The molecule has 0 saturated heterocycles. The molecule has 0 unspecified atom stereocenters. The average molecular weight is 185 g/mol. The molecule has 0 aromatic heterocycles. The molecular weight excluding hydrogens is 175 g/mol. The number of hydrogen-bond acceptors (Lipinski definition) is 1.